The van der Waals surface area contributed by atoms with E-state index in [0.717, 1.165) is 15.7 Å². The van der Waals surface area contributed by atoms with Gasteiger partial charge in [-0.15, -0.1) is 0 Å². The van der Waals surface area contributed by atoms with E-state index >= 15 is 0 Å². The minimum Gasteiger partial charge on any atom is -0.383 e. The van der Waals surface area contributed by atoms with E-state index in [1.165, 1.54) is 10.9 Å². The molecule has 2 aromatic heterocycles. The van der Waals surface area contributed by atoms with E-state index in [1.807, 2.05) is 55.5 Å². The Morgan fingerprint density at radius 2 is 1.85 bits per heavy atom. The predicted octanol–water partition coefficient (Wildman–Crippen LogP) is 2.00. The van der Waals surface area contributed by atoms with Crippen LogP contribution in [0.15, 0.2) is 70.5 Å². The van der Waals surface area contributed by atoms with Crippen LogP contribution in [-0.4, -0.2) is 38.3 Å². The Morgan fingerprint density at radius 3 is 2.58 bits per heavy atom. The van der Waals surface area contributed by atoms with Crippen molar-refractivity contribution in [2.45, 2.75) is 26.6 Å². The van der Waals surface area contributed by atoms with E-state index in [9.17, 15) is 14.4 Å². The number of aryl methyl sites for hydroxylation is 1. The molecule has 33 heavy (non-hydrogen) atoms. The zero-order chi connectivity index (χ0) is 23.4. The number of carbonyl (C=O) groups is 1. The predicted molar refractivity (Wildman–Crippen MR) is 125 cm³/mol. The molecule has 1 N–H and O–H groups in total. The second-order valence-electron chi connectivity index (χ2n) is 7.77. The van der Waals surface area contributed by atoms with Crippen molar-refractivity contribution in [2.24, 2.45) is 0 Å². The molecule has 170 valence electrons. The lowest BCUT2D eigenvalue weighted by Gasteiger charge is -2.13. The number of nitrogens with zero attached hydrogens (tertiary/aromatic N) is 4. The molecule has 4 aromatic rings. The van der Waals surface area contributed by atoms with Crippen molar-refractivity contribution in [1.29, 1.82) is 0 Å². The maximum absolute atomic E-state index is 13.3. The minimum atomic E-state index is -0.590. The van der Waals surface area contributed by atoms with Crippen molar-refractivity contribution in [3.63, 3.8) is 0 Å². The number of methoxy groups -OCH3 is 1. The SMILES string of the molecule is COCCn1cnc2c1c(=O)n(CC(=O)Nc1cccc(C)c1)c(=O)n2Cc1ccccc1. The summed E-state index contributed by atoms with van der Waals surface area (Å²) in [6, 6.07) is 16.7. The van der Waals surface area contributed by atoms with Gasteiger partial charge in [-0.3, -0.25) is 14.2 Å². The lowest BCUT2D eigenvalue weighted by Crippen LogP contribution is -2.43. The summed E-state index contributed by atoms with van der Waals surface area (Å²) >= 11 is 0. The Hall–Kier alpha value is -3.98. The molecule has 1 amide bonds. The first kappa shape index (κ1) is 22.2. The van der Waals surface area contributed by atoms with Crippen LogP contribution < -0.4 is 16.6 Å². The fourth-order valence-electron chi connectivity index (χ4n) is 3.71. The second-order valence-corrected chi connectivity index (χ2v) is 7.77. The summed E-state index contributed by atoms with van der Waals surface area (Å²) in [6.45, 7) is 2.48. The zero-order valence-corrected chi connectivity index (χ0v) is 18.5. The van der Waals surface area contributed by atoms with Crippen LogP contribution in [0, 0.1) is 6.92 Å². The summed E-state index contributed by atoms with van der Waals surface area (Å²) in [4.78, 5) is 43.7. The number of aromatic nitrogens is 4. The Morgan fingerprint density at radius 1 is 1.06 bits per heavy atom. The third kappa shape index (κ3) is 4.78. The quantitative estimate of drug-likeness (QED) is 0.445. The molecule has 0 radical (unpaired) electrons. The number of anilines is 1. The first-order valence-corrected chi connectivity index (χ1v) is 10.6. The molecular formula is C24H25N5O4. The molecule has 2 heterocycles. The van der Waals surface area contributed by atoms with Crippen molar-refractivity contribution in [3.05, 3.63) is 92.9 Å². The van der Waals surface area contributed by atoms with E-state index < -0.39 is 23.7 Å². The lowest BCUT2D eigenvalue weighted by molar-refractivity contribution is -0.116. The van der Waals surface area contributed by atoms with Gasteiger partial charge in [-0.1, -0.05) is 42.5 Å². The second kappa shape index (κ2) is 9.66. The molecule has 9 heteroatoms. The van der Waals surface area contributed by atoms with Gasteiger partial charge < -0.3 is 14.6 Å². The number of rotatable bonds is 8. The highest BCUT2D eigenvalue weighted by atomic mass is 16.5. The van der Waals surface area contributed by atoms with Crippen LogP contribution in [0.3, 0.4) is 0 Å². The molecule has 0 fully saturated rings. The number of hydrogen-bond acceptors (Lipinski definition) is 5. The fourth-order valence-corrected chi connectivity index (χ4v) is 3.71. The van der Waals surface area contributed by atoms with E-state index in [2.05, 4.69) is 10.3 Å². The van der Waals surface area contributed by atoms with E-state index in [-0.39, 0.29) is 17.7 Å². The van der Waals surface area contributed by atoms with Gasteiger partial charge in [-0.05, 0) is 30.2 Å². The van der Waals surface area contributed by atoms with Crippen molar-refractivity contribution in [1.82, 2.24) is 18.7 Å². The summed E-state index contributed by atoms with van der Waals surface area (Å²) < 4.78 is 9.17. The molecule has 2 aromatic carbocycles. The molecule has 0 aliphatic heterocycles. The Kier molecular flexibility index (Phi) is 6.50. The highest BCUT2D eigenvalue weighted by Gasteiger charge is 2.20. The van der Waals surface area contributed by atoms with Gasteiger partial charge in [-0.25, -0.2) is 14.3 Å². The number of amides is 1. The number of benzene rings is 2. The Balaban J connectivity index is 1.78. The van der Waals surface area contributed by atoms with Gasteiger partial charge in [0.2, 0.25) is 5.91 Å². The highest BCUT2D eigenvalue weighted by Crippen LogP contribution is 2.11. The van der Waals surface area contributed by atoms with Gasteiger partial charge in [0.15, 0.2) is 11.2 Å². The average molecular weight is 447 g/mol. The molecule has 0 atom stereocenters. The van der Waals surface area contributed by atoms with Crippen molar-refractivity contribution < 1.29 is 9.53 Å². The summed E-state index contributed by atoms with van der Waals surface area (Å²) in [5, 5.41) is 2.76. The molecule has 9 nitrogen and oxygen atoms in total. The maximum Gasteiger partial charge on any atom is 0.333 e. The monoisotopic (exact) mass is 447 g/mol. The third-order valence-electron chi connectivity index (χ3n) is 5.31. The van der Waals surface area contributed by atoms with Gasteiger partial charge in [0.1, 0.15) is 6.54 Å². The number of hydrogen-bond donors (Lipinski definition) is 1. The van der Waals surface area contributed by atoms with Gasteiger partial charge in [-0.2, -0.15) is 0 Å². The molecule has 0 bridgehead atoms. The van der Waals surface area contributed by atoms with Crippen LogP contribution in [0.5, 0.6) is 0 Å². The molecule has 4 rings (SSSR count). The zero-order valence-electron chi connectivity index (χ0n) is 18.5. The van der Waals surface area contributed by atoms with Crippen LogP contribution in [0.1, 0.15) is 11.1 Å². The van der Waals surface area contributed by atoms with E-state index in [4.69, 9.17) is 4.74 Å². The largest absolute Gasteiger partial charge is 0.383 e. The Bertz CT molecular complexity index is 1400. The minimum absolute atomic E-state index is 0.219. The first-order chi connectivity index (χ1) is 16.0. The molecule has 0 saturated heterocycles. The number of carbonyl (C=O) groups excluding carboxylic acids is 1. The molecular weight excluding hydrogens is 422 g/mol. The number of ether oxygens (including phenoxy) is 1. The molecule has 0 spiro atoms. The number of imidazole rings is 1. The molecule has 0 saturated carbocycles. The summed E-state index contributed by atoms with van der Waals surface area (Å²) in [5.74, 6) is -0.464. The van der Waals surface area contributed by atoms with Crippen molar-refractivity contribution in [3.8, 4) is 0 Å². The lowest BCUT2D eigenvalue weighted by atomic mass is 10.2. The number of nitrogens with one attached hydrogen (secondary N) is 1. The third-order valence-corrected chi connectivity index (χ3v) is 5.31. The van der Waals surface area contributed by atoms with Gasteiger partial charge >= 0.3 is 5.69 Å². The fraction of sp³-hybridized carbons (Fsp3) is 0.250. The van der Waals surface area contributed by atoms with E-state index in [0.29, 0.717) is 18.8 Å². The van der Waals surface area contributed by atoms with Crippen LogP contribution in [0.4, 0.5) is 5.69 Å². The Labute approximate surface area is 189 Å². The normalized spacial score (nSPS) is 11.1. The van der Waals surface area contributed by atoms with E-state index in [1.54, 1.807) is 17.7 Å². The first-order valence-electron chi connectivity index (χ1n) is 10.6. The average Bonchev–Trinajstić information content (AvgIpc) is 3.23. The topological polar surface area (TPSA) is 100 Å². The van der Waals surface area contributed by atoms with Crippen LogP contribution in [0.2, 0.25) is 0 Å². The molecule has 0 aliphatic carbocycles. The summed E-state index contributed by atoms with van der Waals surface area (Å²) in [5.41, 5.74) is 1.84. The van der Waals surface area contributed by atoms with Crippen molar-refractivity contribution >= 4 is 22.8 Å². The van der Waals surface area contributed by atoms with Gasteiger partial charge in [0.05, 0.1) is 19.5 Å². The summed E-state index contributed by atoms with van der Waals surface area (Å²) in [7, 11) is 1.57. The van der Waals surface area contributed by atoms with Crippen LogP contribution in [0.25, 0.3) is 11.2 Å². The van der Waals surface area contributed by atoms with Crippen LogP contribution >= 0.6 is 0 Å². The smallest absolute Gasteiger partial charge is 0.333 e. The van der Waals surface area contributed by atoms with Gasteiger partial charge in [0.25, 0.3) is 5.56 Å². The molecule has 0 unspecified atom stereocenters. The standard InChI is InChI=1S/C24H25N5O4/c1-17-7-6-10-19(13-17)26-20(30)15-29-23(31)21-22(25-16-27(21)11-12-33-2)28(24(29)32)14-18-8-4-3-5-9-18/h3-10,13,16H,11-12,14-15H2,1-2H3,(H,26,30). The van der Waals surface area contributed by atoms with Crippen molar-refractivity contribution in [2.75, 3.05) is 19.0 Å². The van der Waals surface area contributed by atoms with Crippen LogP contribution in [-0.2, 0) is 29.2 Å². The number of fused-ring (bicyclic) bond motifs is 1. The molecule has 0 aliphatic rings. The highest BCUT2D eigenvalue weighted by molar-refractivity contribution is 5.90. The maximum atomic E-state index is 13.3. The van der Waals surface area contributed by atoms with Gasteiger partial charge in [0, 0.05) is 19.3 Å². The summed E-state index contributed by atoms with van der Waals surface area (Å²) in [6.07, 6.45) is 1.52.